The fourth-order valence-corrected chi connectivity index (χ4v) is 3.06. The van der Waals surface area contributed by atoms with Crippen molar-refractivity contribution < 1.29 is 28.9 Å². The van der Waals surface area contributed by atoms with Gasteiger partial charge in [-0.25, -0.2) is 4.79 Å². The maximum atomic E-state index is 12.5. The van der Waals surface area contributed by atoms with E-state index in [4.69, 9.17) is 14.2 Å². The standard InChI is InChI=1S/C22H19NO6/c1-13(21(25)23-15-7-9-18-19(12-15)28-11-10-27-18)29-22(26)17-8-6-14-4-2-3-5-16(14)20(17)24/h2-9,12-13,24H,10-11H2,1H3,(H,23,25)/t13-/m0/s1. The van der Waals surface area contributed by atoms with Crippen LogP contribution in [-0.4, -0.2) is 36.3 Å². The van der Waals surface area contributed by atoms with Crippen LogP contribution in [0.4, 0.5) is 5.69 Å². The molecule has 1 amide bonds. The van der Waals surface area contributed by atoms with Crippen LogP contribution in [0, 0.1) is 0 Å². The molecule has 0 radical (unpaired) electrons. The monoisotopic (exact) mass is 393 g/mol. The third-order valence-corrected chi connectivity index (χ3v) is 4.58. The molecule has 1 heterocycles. The molecule has 0 aliphatic carbocycles. The number of hydrogen-bond acceptors (Lipinski definition) is 6. The summed E-state index contributed by atoms with van der Waals surface area (Å²) in [6, 6.07) is 15.4. The first kappa shape index (κ1) is 18.6. The van der Waals surface area contributed by atoms with Crippen molar-refractivity contribution in [1.29, 1.82) is 0 Å². The molecule has 7 nitrogen and oxygen atoms in total. The number of carbonyl (C=O) groups is 2. The molecular formula is C22H19NO6. The highest BCUT2D eigenvalue weighted by molar-refractivity contribution is 6.02. The number of esters is 1. The molecule has 0 bridgehead atoms. The van der Waals surface area contributed by atoms with Gasteiger partial charge < -0.3 is 24.6 Å². The predicted octanol–water partition coefficient (Wildman–Crippen LogP) is 3.50. The summed E-state index contributed by atoms with van der Waals surface area (Å²) in [5.74, 6) is -0.304. The van der Waals surface area contributed by atoms with Crippen LogP contribution in [0.2, 0.25) is 0 Å². The van der Waals surface area contributed by atoms with E-state index in [0.29, 0.717) is 35.8 Å². The molecule has 0 unspecified atom stereocenters. The molecule has 0 saturated carbocycles. The number of phenols is 1. The Labute approximate surface area is 166 Å². The lowest BCUT2D eigenvalue weighted by Crippen LogP contribution is -2.30. The van der Waals surface area contributed by atoms with Gasteiger partial charge in [-0.1, -0.05) is 30.3 Å². The lowest BCUT2D eigenvalue weighted by atomic mass is 10.1. The highest BCUT2D eigenvalue weighted by Crippen LogP contribution is 2.33. The topological polar surface area (TPSA) is 94.1 Å². The van der Waals surface area contributed by atoms with Gasteiger partial charge in [-0.05, 0) is 30.5 Å². The Balaban J connectivity index is 1.45. The molecule has 0 fully saturated rings. The summed E-state index contributed by atoms with van der Waals surface area (Å²) >= 11 is 0. The number of fused-ring (bicyclic) bond motifs is 2. The fourth-order valence-electron chi connectivity index (χ4n) is 3.06. The first-order chi connectivity index (χ1) is 14.0. The van der Waals surface area contributed by atoms with Crippen molar-refractivity contribution >= 4 is 28.3 Å². The first-order valence-electron chi connectivity index (χ1n) is 9.15. The molecule has 0 spiro atoms. The third-order valence-electron chi connectivity index (χ3n) is 4.58. The van der Waals surface area contributed by atoms with Gasteiger partial charge in [0.2, 0.25) is 0 Å². The summed E-state index contributed by atoms with van der Waals surface area (Å²) in [5.41, 5.74) is 0.499. The highest BCUT2D eigenvalue weighted by Gasteiger charge is 2.22. The predicted molar refractivity (Wildman–Crippen MR) is 107 cm³/mol. The second-order valence-electron chi connectivity index (χ2n) is 6.58. The van der Waals surface area contributed by atoms with Gasteiger partial charge in [0, 0.05) is 17.1 Å². The summed E-state index contributed by atoms with van der Waals surface area (Å²) in [7, 11) is 0. The number of carbonyl (C=O) groups excluding carboxylic acids is 2. The Morgan fingerprint density at radius 1 is 1.03 bits per heavy atom. The number of ether oxygens (including phenoxy) is 3. The van der Waals surface area contributed by atoms with Crippen molar-refractivity contribution in [2.45, 2.75) is 13.0 Å². The Hall–Kier alpha value is -3.74. The van der Waals surface area contributed by atoms with Gasteiger partial charge in [-0.15, -0.1) is 0 Å². The molecule has 4 rings (SSSR count). The number of anilines is 1. The normalized spacial score (nSPS) is 13.6. The van der Waals surface area contributed by atoms with Crippen LogP contribution in [0.1, 0.15) is 17.3 Å². The van der Waals surface area contributed by atoms with E-state index in [9.17, 15) is 14.7 Å². The average molecular weight is 393 g/mol. The second kappa shape index (κ2) is 7.71. The molecule has 0 saturated heterocycles. The summed E-state index contributed by atoms with van der Waals surface area (Å²) in [6.07, 6.45) is -1.07. The zero-order valence-electron chi connectivity index (χ0n) is 15.7. The van der Waals surface area contributed by atoms with Gasteiger partial charge in [-0.2, -0.15) is 0 Å². The maximum absolute atomic E-state index is 12.5. The Morgan fingerprint density at radius 2 is 1.79 bits per heavy atom. The summed E-state index contributed by atoms with van der Waals surface area (Å²) in [4.78, 5) is 24.9. The largest absolute Gasteiger partial charge is 0.506 e. The zero-order valence-corrected chi connectivity index (χ0v) is 15.7. The molecule has 1 atom stereocenters. The molecule has 1 aliphatic rings. The number of amides is 1. The molecule has 29 heavy (non-hydrogen) atoms. The third kappa shape index (κ3) is 3.80. The van der Waals surface area contributed by atoms with Crippen LogP contribution in [0.25, 0.3) is 10.8 Å². The average Bonchev–Trinajstić information content (AvgIpc) is 2.74. The fraction of sp³-hybridized carbons (Fsp3) is 0.182. The smallest absolute Gasteiger partial charge is 0.342 e. The lowest BCUT2D eigenvalue weighted by Gasteiger charge is -2.19. The van der Waals surface area contributed by atoms with Gasteiger partial charge >= 0.3 is 5.97 Å². The maximum Gasteiger partial charge on any atom is 0.342 e. The van der Waals surface area contributed by atoms with Gasteiger partial charge in [0.15, 0.2) is 17.6 Å². The second-order valence-corrected chi connectivity index (χ2v) is 6.58. The molecule has 1 aliphatic heterocycles. The van der Waals surface area contributed by atoms with E-state index in [1.165, 1.54) is 13.0 Å². The van der Waals surface area contributed by atoms with Crippen LogP contribution in [-0.2, 0) is 9.53 Å². The van der Waals surface area contributed by atoms with Gasteiger partial charge in [0.1, 0.15) is 24.5 Å². The molecule has 3 aromatic carbocycles. The number of nitrogens with one attached hydrogen (secondary N) is 1. The Morgan fingerprint density at radius 3 is 2.62 bits per heavy atom. The number of hydrogen-bond donors (Lipinski definition) is 2. The number of rotatable bonds is 4. The van der Waals surface area contributed by atoms with Crippen LogP contribution in [0.3, 0.4) is 0 Å². The van der Waals surface area contributed by atoms with Crippen molar-refractivity contribution in [3.63, 3.8) is 0 Å². The van der Waals surface area contributed by atoms with Crippen LogP contribution in [0.15, 0.2) is 54.6 Å². The van der Waals surface area contributed by atoms with Crippen LogP contribution < -0.4 is 14.8 Å². The Bertz CT molecular complexity index is 1090. The van der Waals surface area contributed by atoms with E-state index >= 15 is 0 Å². The SMILES string of the molecule is C[C@H](OC(=O)c1ccc2ccccc2c1O)C(=O)Nc1ccc2c(c1)OCCO2. The van der Waals surface area contributed by atoms with E-state index in [-0.39, 0.29) is 11.3 Å². The molecule has 3 aromatic rings. The minimum atomic E-state index is -1.07. The van der Waals surface area contributed by atoms with Gasteiger partial charge in [-0.3, -0.25) is 4.79 Å². The molecule has 148 valence electrons. The van der Waals surface area contributed by atoms with E-state index in [1.54, 1.807) is 36.4 Å². The quantitative estimate of drug-likeness (QED) is 0.659. The van der Waals surface area contributed by atoms with Crippen molar-refractivity contribution in [2.75, 3.05) is 18.5 Å². The molecular weight excluding hydrogens is 374 g/mol. The van der Waals surface area contributed by atoms with E-state index in [1.807, 2.05) is 12.1 Å². The first-order valence-corrected chi connectivity index (χ1v) is 9.15. The molecule has 0 aromatic heterocycles. The minimum Gasteiger partial charge on any atom is -0.506 e. The molecule has 7 heteroatoms. The summed E-state index contributed by atoms with van der Waals surface area (Å²) < 4.78 is 16.2. The Kier molecular flexibility index (Phi) is 4.95. The van der Waals surface area contributed by atoms with E-state index in [2.05, 4.69) is 5.32 Å². The number of phenolic OH excluding ortho intramolecular Hbond substituents is 1. The van der Waals surface area contributed by atoms with E-state index < -0.39 is 18.0 Å². The highest BCUT2D eigenvalue weighted by atomic mass is 16.6. The lowest BCUT2D eigenvalue weighted by molar-refractivity contribution is -0.123. The number of benzene rings is 3. The van der Waals surface area contributed by atoms with Gasteiger partial charge in [0.25, 0.3) is 5.91 Å². The van der Waals surface area contributed by atoms with Crippen molar-refractivity contribution in [1.82, 2.24) is 0 Å². The summed E-state index contributed by atoms with van der Waals surface area (Å²) in [5, 5.41) is 14.4. The molecule has 2 N–H and O–H groups in total. The van der Waals surface area contributed by atoms with Crippen molar-refractivity contribution in [3.8, 4) is 17.2 Å². The minimum absolute atomic E-state index is 0.00248. The zero-order chi connectivity index (χ0) is 20.4. The van der Waals surface area contributed by atoms with Crippen molar-refractivity contribution in [2.24, 2.45) is 0 Å². The summed E-state index contributed by atoms with van der Waals surface area (Å²) in [6.45, 7) is 2.38. The van der Waals surface area contributed by atoms with Gasteiger partial charge in [0.05, 0.1) is 0 Å². The number of aromatic hydroxyl groups is 1. The van der Waals surface area contributed by atoms with Crippen molar-refractivity contribution in [3.05, 3.63) is 60.2 Å². The van der Waals surface area contributed by atoms with E-state index in [0.717, 1.165) is 5.39 Å². The van der Waals surface area contributed by atoms with Crippen LogP contribution >= 0.6 is 0 Å². The van der Waals surface area contributed by atoms with Crippen LogP contribution in [0.5, 0.6) is 17.2 Å².